The number of likely N-dealkylation sites (N-methyl/N-ethyl adjacent to an activating group) is 1. The minimum Gasteiger partial charge on any atom is -0.497 e. The molecule has 7 heteroatoms. The van der Waals surface area contributed by atoms with Crippen LogP contribution >= 0.6 is 0 Å². The number of hydrogen-bond acceptors (Lipinski definition) is 5. The summed E-state index contributed by atoms with van der Waals surface area (Å²) in [5, 5.41) is 12.6. The van der Waals surface area contributed by atoms with Crippen molar-refractivity contribution in [3.63, 3.8) is 0 Å². The van der Waals surface area contributed by atoms with Crippen molar-refractivity contribution in [1.82, 2.24) is 10.2 Å². The standard InChI is InChI=1S/C16H20N2O5/c1-17-6-14(19)18-7-12-11-4-3-10(22-2)5-13(11)23-9-16(12,8-18)15(20)21/h3-5,12,17H,6-9H2,1-2H3,(H,20,21)/t12?,16-/m1/s1. The molecule has 1 fully saturated rings. The van der Waals surface area contributed by atoms with Crippen molar-refractivity contribution in [2.24, 2.45) is 5.41 Å². The second kappa shape index (κ2) is 5.73. The van der Waals surface area contributed by atoms with Gasteiger partial charge in [-0.05, 0) is 13.1 Å². The molecule has 0 saturated carbocycles. The second-order valence-electron chi connectivity index (χ2n) is 6.01. The van der Waals surface area contributed by atoms with Gasteiger partial charge in [0, 0.05) is 30.6 Å². The maximum atomic E-state index is 12.2. The number of rotatable bonds is 4. The minimum atomic E-state index is -1.09. The highest BCUT2D eigenvalue weighted by atomic mass is 16.5. The van der Waals surface area contributed by atoms with Crippen LogP contribution in [0.3, 0.4) is 0 Å². The molecule has 2 N–H and O–H groups in total. The predicted molar refractivity (Wildman–Crippen MR) is 81.8 cm³/mol. The molecule has 0 spiro atoms. The summed E-state index contributed by atoms with van der Waals surface area (Å²) in [6.45, 7) is 0.795. The van der Waals surface area contributed by atoms with Crippen molar-refractivity contribution < 1.29 is 24.2 Å². The van der Waals surface area contributed by atoms with Gasteiger partial charge >= 0.3 is 5.97 Å². The fraction of sp³-hybridized carbons (Fsp3) is 0.500. The van der Waals surface area contributed by atoms with Crippen LogP contribution in [0.1, 0.15) is 11.5 Å². The number of fused-ring (bicyclic) bond motifs is 3. The molecule has 2 atom stereocenters. The van der Waals surface area contributed by atoms with Crippen LogP contribution in [0.5, 0.6) is 11.5 Å². The first-order valence-electron chi connectivity index (χ1n) is 7.48. The number of ether oxygens (including phenoxy) is 2. The Balaban J connectivity index is 1.98. The number of carbonyl (C=O) groups is 2. The minimum absolute atomic E-state index is 0.0521. The van der Waals surface area contributed by atoms with Crippen molar-refractivity contribution in [3.8, 4) is 11.5 Å². The average Bonchev–Trinajstić information content (AvgIpc) is 2.96. The monoisotopic (exact) mass is 320 g/mol. The van der Waals surface area contributed by atoms with Crippen molar-refractivity contribution in [2.45, 2.75) is 5.92 Å². The van der Waals surface area contributed by atoms with Gasteiger partial charge in [0.2, 0.25) is 5.91 Å². The van der Waals surface area contributed by atoms with Crippen LogP contribution < -0.4 is 14.8 Å². The summed E-state index contributed by atoms with van der Waals surface area (Å²) in [6.07, 6.45) is 0. The van der Waals surface area contributed by atoms with Crippen LogP contribution in [0, 0.1) is 5.41 Å². The van der Waals surface area contributed by atoms with Crippen LogP contribution in [0.15, 0.2) is 18.2 Å². The SMILES string of the molecule is CNCC(=O)N1CC2c3ccc(OC)cc3OC[C@]2(C(=O)O)C1. The average molecular weight is 320 g/mol. The van der Waals surface area contributed by atoms with E-state index in [1.807, 2.05) is 6.07 Å². The van der Waals surface area contributed by atoms with Crippen molar-refractivity contribution >= 4 is 11.9 Å². The molecule has 1 amide bonds. The molecule has 1 unspecified atom stereocenters. The Labute approximate surface area is 134 Å². The van der Waals surface area contributed by atoms with Crippen molar-refractivity contribution in [1.29, 1.82) is 0 Å². The van der Waals surface area contributed by atoms with E-state index in [1.165, 1.54) is 0 Å². The lowest BCUT2D eigenvalue weighted by molar-refractivity contribution is -0.152. The molecule has 124 valence electrons. The molecule has 0 aromatic heterocycles. The highest BCUT2D eigenvalue weighted by molar-refractivity contribution is 5.83. The zero-order chi connectivity index (χ0) is 16.6. The van der Waals surface area contributed by atoms with E-state index >= 15 is 0 Å². The third kappa shape index (κ3) is 2.41. The second-order valence-corrected chi connectivity index (χ2v) is 6.01. The summed E-state index contributed by atoms with van der Waals surface area (Å²) in [5.41, 5.74) is -0.274. The third-order valence-corrected chi connectivity index (χ3v) is 4.73. The Hall–Kier alpha value is -2.28. The summed E-state index contributed by atoms with van der Waals surface area (Å²) >= 11 is 0. The number of carboxylic acids is 1. The zero-order valence-corrected chi connectivity index (χ0v) is 13.2. The molecule has 2 aliphatic rings. The zero-order valence-electron chi connectivity index (χ0n) is 13.2. The number of carboxylic acid groups (broad SMARTS) is 1. The summed E-state index contributed by atoms with van der Waals surface area (Å²) in [4.78, 5) is 25.7. The Morgan fingerprint density at radius 3 is 2.96 bits per heavy atom. The van der Waals surface area contributed by atoms with E-state index in [4.69, 9.17) is 9.47 Å². The molecule has 2 heterocycles. The lowest BCUT2D eigenvalue weighted by Crippen LogP contribution is -2.46. The third-order valence-electron chi connectivity index (χ3n) is 4.73. The van der Waals surface area contributed by atoms with Gasteiger partial charge in [-0.15, -0.1) is 0 Å². The number of carbonyl (C=O) groups excluding carboxylic acids is 1. The lowest BCUT2D eigenvalue weighted by Gasteiger charge is -2.35. The Morgan fingerprint density at radius 1 is 1.52 bits per heavy atom. The molecular formula is C16H20N2O5. The molecule has 0 bridgehead atoms. The number of likely N-dealkylation sites (tertiary alicyclic amines) is 1. The molecule has 3 rings (SSSR count). The Bertz CT molecular complexity index is 647. The van der Waals surface area contributed by atoms with E-state index in [-0.39, 0.29) is 31.5 Å². The first-order chi connectivity index (χ1) is 11.0. The van der Waals surface area contributed by atoms with Gasteiger partial charge in [-0.3, -0.25) is 9.59 Å². The van der Waals surface area contributed by atoms with E-state index in [0.717, 1.165) is 5.56 Å². The van der Waals surface area contributed by atoms with E-state index in [1.54, 1.807) is 31.2 Å². The maximum Gasteiger partial charge on any atom is 0.315 e. The summed E-state index contributed by atoms with van der Waals surface area (Å²) < 4.78 is 10.9. The molecule has 0 radical (unpaired) electrons. The van der Waals surface area contributed by atoms with E-state index in [2.05, 4.69) is 5.32 Å². The molecule has 23 heavy (non-hydrogen) atoms. The van der Waals surface area contributed by atoms with Crippen molar-refractivity contribution in [2.75, 3.05) is 40.4 Å². The number of amides is 1. The highest BCUT2D eigenvalue weighted by Gasteiger charge is 2.57. The van der Waals surface area contributed by atoms with Gasteiger partial charge in [0.05, 0.1) is 13.7 Å². The van der Waals surface area contributed by atoms with Crippen LogP contribution in [0.2, 0.25) is 0 Å². The largest absolute Gasteiger partial charge is 0.497 e. The van der Waals surface area contributed by atoms with Gasteiger partial charge < -0.3 is 24.8 Å². The fourth-order valence-electron chi connectivity index (χ4n) is 3.45. The molecule has 1 aromatic carbocycles. The molecule has 2 aliphatic heterocycles. The number of methoxy groups -OCH3 is 1. The van der Waals surface area contributed by atoms with Crippen LogP contribution in [-0.2, 0) is 9.59 Å². The summed E-state index contributed by atoms with van der Waals surface area (Å²) in [6, 6.07) is 5.39. The number of aliphatic carboxylic acids is 1. The topological polar surface area (TPSA) is 88.1 Å². The van der Waals surface area contributed by atoms with E-state index in [9.17, 15) is 14.7 Å². The summed E-state index contributed by atoms with van der Waals surface area (Å²) in [7, 11) is 3.26. The first-order valence-corrected chi connectivity index (χ1v) is 7.48. The van der Waals surface area contributed by atoms with Crippen LogP contribution in [-0.4, -0.2) is 62.3 Å². The van der Waals surface area contributed by atoms with Gasteiger partial charge in [-0.1, -0.05) is 6.07 Å². The maximum absolute atomic E-state index is 12.2. The van der Waals surface area contributed by atoms with Gasteiger partial charge in [0.1, 0.15) is 23.5 Å². The molecule has 0 aliphatic carbocycles. The Morgan fingerprint density at radius 2 is 2.30 bits per heavy atom. The summed E-state index contributed by atoms with van der Waals surface area (Å²) in [5.74, 6) is -0.0152. The number of nitrogens with zero attached hydrogens (tertiary/aromatic N) is 1. The lowest BCUT2D eigenvalue weighted by atomic mass is 9.73. The van der Waals surface area contributed by atoms with Gasteiger partial charge in [0.25, 0.3) is 0 Å². The normalized spacial score (nSPS) is 25.3. The van der Waals surface area contributed by atoms with E-state index in [0.29, 0.717) is 18.0 Å². The fourth-order valence-corrected chi connectivity index (χ4v) is 3.45. The first kappa shape index (κ1) is 15.6. The van der Waals surface area contributed by atoms with Gasteiger partial charge in [-0.25, -0.2) is 0 Å². The van der Waals surface area contributed by atoms with E-state index < -0.39 is 11.4 Å². The van der Waals surface area contributed by atoms with Crippen LogP contribution in [0.25, 0.3) is 0 Å². The highest BCUT2D eigenvalue weighted by Crippen LogP contribution is 2.50. The quantitative estimate of drug-likeness (QED) is 0.830. The van der Waals surface area contributed by atoms with Crippen LogP contribution in [0.4, 0.5) is 0 Å². The molecule has 1 saturated heterocycles. The van der Waals surface area contributed by atoms with Crippen molar-refractivity contribution in [3.05, 3.63) is 23.8 Å². The Kier molecular flexibility index (Phi) is 3.89. The number of nitrogens with one attached hydrogen (secondary N) is 1. The number of hydrogen-bond donors (Lipinski definition) is 2. The van der Waals surface area contributed by atoms with Gasteiger partial charge in [0.15, 0.2) is 0 Å². The smallest absolute Gasteiger partial charge is 0.315 e. The molecular weight excluding hydrogens is 300 g/mol. The van der Waals surface area contributed by atoms with Gasteiger partial charge in [-0.2, -0.15) is 0 Å². The predicted octanol–water partition coefficient (Wildman–Crippen LogP) is 0.304. The number of benzene rings is 1. The molecule has 1 aromatic rings. The molecule has 7 nitrogen and oxygen atoms in total.